The number of allylic oxidation sites excluding steroid dienone is 7. The summed E-state index contributed by atoms with van der Waals surface area (Å²) < 4.78 is 5.51. The van der Waals surface area contributed by atoms with E-state index in [4.69, 9.17) is 4.74 Å². The van der Waals surface area contributed by atoms with E-state index in [1.165, 1.54) is 385 Å². The van der Waals surface area contributed by atoms with Crippen molar-refractivity contribution in [3.8, 4) is 0 Å². The van der Waals surface area contributed by atoms with Crippen LogP contribution >= 0.6 is 0 Å². The Bertz CT molecular complexity index is 1540. The number of carbonyl (C=O) groups excluding carboxylic acids is 2. The smallest absolute Gasteiger partial charge is 0.305 e. The maximum Gasteiger partial charge on any atom is 0.305 e. The summed E-state index contributed by atoms with van der Waals surface area (Å²) in [5.41, 5.74) is 0. The summed E-state index contributed by atoms with van der Waals surface area (Å²) in [5, 5.41) is 23.3. The third kappa shape index (κ3) is 76.8. The fraction of sp³-hybridized carbons (Fsp3) is 0.884. The van der Waals surface area contributed by atoms with E-state index in [9.17, 15) is 19.8 Å². The Kier molecular flexibility index (Phi) is 79.3. The first-order chi connectivity index (χ1) is 45.5. The van der Waals surface area contributed by atoms with E-state index < -0.39 is 12.1 Å². The number of esters is 1. The van der Waals surface area contributed by atoms with Crippen molar-refractivity contribution in [2.24, 2.45) is 0 Å². The molecular formula is C86H163NO5. The number of aliphatic hydroxyl groups is 2. The van der Waals surface area contributed by atoms with Gasteiger partial charge < -0.3 is 20.3 Å². The molecule has 92 heavy (non-hydrogen) atoms. The number of amides is 1. The first-order valence-corrected chi connectivity index (χ1v) is 41.9. The molecule has 0 fully saturated rings. The van der Waals surface area contributed by atoms with Crippen molar-refractivity contribution in [2.45, 2.75) is 475 Å². The van der Waals surface area contributed by atoms with Crippen LogP contribution in [-0.4, -0.2) is 47.4 Å². The molecule has 0 aliphatic heterocycles. The zero-order chi connectivity index (χ0) is 66.3. The molecule has 0 aromatic heterocycles. The molecule has 3 N–H and O–H groups in total. The van der Waals surface area contributed by atoms with Gasteiger partial charge in [0.25, 0.3) is 0 Å². The number of ether oxygens (including phenoxy) is 1. The third-order valence-corrected chi connectivity index (χ3v) is 19.6. The molecule has 0 aliphatic rings. The molecule has 0 aromatic rings. The number of rotatable bonds is 79. The average molecular weight is 1290 g/mol. The number of nitrogens with one attached hydrogen (secondary N) is 1. The summed E-state index contributed by atoms with van der Waals surface area (Å²) in [6, 6.07) is -0.627. The van der Waals surface area contributed by atoms with Crippen LogP contribution in [0.4, 0.5) is 0 Å². The Morgan fingerprint density at radius 1 is 0.304 bits per heavy atom. The zero-order valence-electron chi connectivity index (χ0n) is 62.3. The minimum atomic E-state index is -0.844. The average Bonchev–Trinajstić information content (AvgIpc) is 3.62. The van der Waals surface area contributed by atoms with Gasteiger partial charge in [0.05, 0.1) is 25.4 Å². The van der Waals surface area contributed by atoms with Crippen molar-refractivity contribution in [3.63, 3.8) is 0 Å². The minimum Gasteiger partial charge on any atom is -0.466 e. The molecule has 0 aliphatic carbocycles. The normalized spacial score (nSPS) is 12.7. The number of hydrogen-bond acceptors (Lipinski definition) is 5. The Morgan fingerprint density at radius 3 is 0.859 bits per heavy atom. The first kappa shape index (κ1) is 89.8. The topological polar surface area (TPSA) is 95.9 Å². The van der Waals surface area contributed by atoms with E-state index in [0.717, 1.165) is 51.4 Å². The van der Waals surface area contributed by atoms with E-state index in [0.29, 0.717) is 19.4 Å². The van der Waals surface area contributed by atoms with Crippen LogP contribution in [0, 0.1) is 0 Å². The van der Waals surface area contributed by atoms with Gasteiger partial charge in [-0.15, -0.1) is 0 Å². The molecule has 2 unspecified atom stereocenters. The van der Waals surface area contributed by atoms with Gasteiger partial charge in [-0.1, -0.05) is 409 Å². The highest BCUT2D eigenvalue weighted by atomic mass is 16.5. The van der Waals surface area contributed by atoms with Crippen molar-refractivity contribution in [3.05, 3.63) is 48.6 Å². The summed E-state index contributed by atoms with van der Waals surface area (Å²) in [5.74, 6) is -0.0468. The van der Waals surface area contributed by atoms with Gasteiger partial charge in [-0.25, -0.2) is 0 Å². The molecule has 0 saturated carbocycles. The predicted octanol–water partition coefficient (Wildman–Crippen LogP) is 27.9. The van der Waals surface area contributed by atoms with E-state index >= 15 is 0 Å². The Morgan fingerprint density at radius 2 is 0.543 bits per heavy atom. The van der Waals surface area contributed by atoms with Crippen LogP contribution in [0.2, 0.25) is 0 Å². The van der Waals surface area contributed by atoms with Gasteiger partial charge in [0.15, 0.2) is 0 Å². The molecule has 0 spiro atoms. The van der Waals surface area contributed by atoms with Gasteiger partial charge in [-0.2, -0.15) is 0 Å². The van der Waals surface area contributed by atoms with Gasteiger partial charge in [0, 0.05) is 12.8 Å². The quantitative estimate of drug-likeness (QED) is 0.0320. The highest BCUT2D eigenvalue weighted by Crippen LogP contribution is 2.20. The highest BCUT2D eigenvalue weighted by Gasteiger charge is 2.18. The largest absolute Gasteiger partial charge is 0.466 e. The second kappa shape index (κ2) is 81.2. The first-order valence-electron chi connectivity index (χ1n) is 41.9. The maximum absolute atomic E-state index is 12.6. The molecule has 0 heterocycles. The lowest BCUT2D eigenvalue weighted by molar-refractivity contribution is -0.143. The number of carbonyl (C=O) groups is 2. The molecule has 1 amide bonds. The number of hydrogen-bond donors (Lipinski definition) is 3. The zero-order valence-corrected chi connectivity index (χ0v) is 62.3. The number of unbranched alkanes of at least 4 members (excludes halogenated alkanes) is 62. The van der Waals surface area contributed by atoms with Crippen LogP contribution in [0.1, 0.15) is 463 Å². The van der Waals surface area contributed by atoms with E-state index in [2.05, 4.69) is 55.6 Å². The van der Waals surface area contributed by atoms with Crippen molar-refractivity contribution in [1.82, 2.24) is 5.32 Å². The summed E-state index contributed by atoms with van der Waals surface area (Å²) >= 11 is 0. The molecule has 6 heteroatoms. The van der Waals surface area contributed by atoms with E-state index in [1.807, 2.05) is 6.08 Å². The second-order valence-corrected chi connectivity index (χ2v) is 28.8. The summed E-state index contributed by atoms with van der Waals surface area (Å²) in [6.07, 6.45) is 108. The van der Waals surface area contributed by atoms with Crippen LogP contribution in [0.15, 0.2) is 48.6 Å². The van der Waals surface area contributed by atoms with Crippen molar-refractivity contribution in [1.29, 1.82) is 0 Å². The Labute approximate surface area is 576 Å². The molecule has 0 saturated heterocycles. The third-order valence-electron chi connectivity index (χ3n) is 19.6. The fourth-order valence-electron chi connectivity index (χ4n) is 13.2. The summed E-state index contributed by atoms with van der Waals surface area (Å²) in [4.78, 5) is 24.7. The maximum atomic E-state index is 12.6. The lowest BCUT2D eigenvalue weighted by Crippen LogP contribution is -2.45. The fourth-order valence-corrected chi connectivity index (χ4v) is 13.2. The van der Waals surface area contributed by atoms with Gasteiger partial charge in [0.1, 0.15) is 0 Å². The van der Waals surface area contributed by atoms with Crippen molar-refractivity contribution < 1.29 is 24.5 Å². The predicted molar refractivity (Wildman–Crippen MR) is 407 cm³/mol. The van der Waals surface area contributed by atoms with E-state index in [-0.39, 0.29) is 18.5 Å². The SMILES string of the molecule is CCCCC/C=C\C/C=C\CCCCCCCCCC(=O)OCCCCCCCCCCCCCCCC/C=C\CCCCCCCCCCCCCCCCCCCC(=O)NC(CO)C(O)/C=C/CCCCCCCCCCCCCCCCCCCCCCC. The molecule has 0 bridgehead atoms. The van der Waals surface area contributed by atoms with Crippen LogP contribution in [-0.2, 0) is 14.3 Å². The minimum absolute atomic E-state index is 0.0128. The monoisotopic (exact) mass is 1290 g/mol. The van der Waals surface area contributed by atoms with Gasteiger partial charge >= 0.3 is 5.97 Å². The number of aliphatic hydroxyl groups excluding tert-OH is 2. The van der Waals surface area contributed by atoms with Crippen LogP contribution < -0.4 is 5.32 Å². The lowest BCUT2D eigenvalue weighted by Gasteiger charge is -2.20. The highest BCUT2D eigenvalue weighted by molar-refractivity contribution is 5.76. The Hall–Kier alpha value is -2.18. The lowest BCUT2D eigenvalue weighted by atomic mass is 10.0. The second-order valence-electron chi connectivity index (χ2n) is 28.8. The molecule has 6 nitrogen and oxygen atoms in total. The summed E-state index contributed by atoms with van der Waals surface area (Å²) in [7, 11) is 0. The van der Waals surface area contributed by atoms with Gasteiger partial charge in [-0.3, -0.25) is 9.59 Å². The van der Waals surface area contributed by atoms with Crippen LogP contribution in [0.3, 0.4) is 0 Å². The molecule has 2 atom stereocenters. The molecule has 0 rings (SSSR count). The van der Waals surface area contributed by atoms with Gasteiger partial charge in [0.2, 0.25) is 5.91 Å². The van der Waals surface area contributed by atoms with Crippen LogP contribution in [0.5, 0.6) is 0 Å². The molecule has 0 aromatic carbocycles. The Balaban J connectivity index is 3.37. The molecular weight excluding hydrogens is 1130 g/mol. The summed E-state index contributed by atoms with van der Waals surface area (Å²) in [6.45, 7) is 4.93. The molecule has 542 valence electrons. The van der Waals surface area contributed by atoms with Crippen molar-refractivity contribution >= 4 is 11.9 Å². The van der Waals surface area contributed by atoms with Crippen LogP contribution in [0.25, 0.3) is 0 Å². The standard InChI is InChI=1S/C86H163NO5/c1-3-5-7-9-11-13-15-17-19-21-22-23-37-40-43-47-50-54-58-62-66-70-74-78-84(89)83(82-88)87-85(90)79-75-71-67-63-59-55-51-48-44-41-38-35-33-31-29-27-25-24-26-28-30-32-34-36-39-42-45-49-53-57-61-65-69-73-77-81-92-86(91)80-76-72-68-64-60-56-52-46-20-18-16-14-12-10-8-6-4-2/h12,14,18,20,26,28,74,78,83-84,88-89H,3-11,13,15-17,19,21-25,27,29-73,75-77,79-82H2,1-2H3,(H,87,90)/b14-12-,20-18-,28-26-,78-74+. The van der Waals surface area contributed by atoms with Gasteiger partial charge in [-0.05, 0) is 89.9 Å². The molecule has 0 radical (unpaired) electrons. The van der Waals surface area contributed by atoms with Crippen molar-refractivity contribution in [2.75, 3.05) is 13.2 Å². The van der Waals surface area contributed by atoms with E-state index in [1.54, 1.807) is 6.08 Å².